The summed E-state index contributed by atoms with van der Waals surface area (Å²) < 4.78 is 2.57. The van der Waals surface area contributed by atoms with Gasteiger partial charge in [0.25, 0.3) is 6.71 Å². The van der Waals surface area contributed by atoms with E-state index < -0.39 is 0 Å². The van der Waals surface area contributed by atoms with Crippen LogP contribution >= 0.6 is 0 Å². The zero-order valence-corrected chi connectivity index (χ0v) is 28.5. The Balaban J connectivity index is 1.38. The number of hydrogen-bond acceptors (Lipinski definition) is 2. The first-order valence-electron chi connectivity index (χ1n) is 17.2. The summed E-state index contributed by atoms with van der Waals surface area (Å²) >= 11 is 0. The van der Waals surface area contributed by atoms with Gasteiger partial charge in [-0.2, -0.15) is 0 Å². The molecule has 3 aliphatic rings. The van der Waals surface area contributed by atoms with Crippen LogP contribution in [0.15, 0.2) is 121 Å². The second-order valence-corrected chi connectivity index (χ2v) is 15.2. The molecule has 10 rings (SSSR count). The van der Waals surface area contributed by atoms with E-state index in [0.29, 0.717) is 0 Å². The quantitative estimate of drug-likeness (QED) is 0.183. The molecule has 7 aromatic rings. The SMILES string of the molecule is Cc1ccc(N(c2ccc(C)cc2)c2cc3c4c(c2)-n2c5ccccc5c5cccc(c52)B4c2cccc4c2N3C(C)(C)C4(C)C)cc1. The van der Waals surface area contributed by atoms with Crippen molar-refractivity contribution in [1.29, 1.82) is 0 Å². The number of rotatable bonds is 3. The summed E-state index contributed by atoms with van der Waals surface area (Å²) in [6, 6.07) is 45.9. The van der Waals surface area contributed by atoms with Crippen LogP contribution in [0.3, 0.4) is 0 Å². The topological polar surface area (TPSA) is 11.4 Å². The number of hydrogen-bond donors (Lipinski definition) is 0. The van der Waals surface area contributed by atoms with Crippen LogP contribution in [0.5, 0.6) is 0 Å². The van der Waals surface area contributed by atoms with Gasteiger partial charge in [-0.1, -0.05) is 104 Å². The van der Waals surface area contributed by atoms with Gasteiger partial charge in [0.2, 0.25) is 0 Å². The van der Waals surface area contributed by atoms with Gasteiger partial charge in [0.05, 0.1) is 11.2 Å². The van der Waals surface area contributed by atoms with E-state index in [2.05, 4.69) is 177 Å². The van der Waals surface area contributed by atoms with Gasteiger partial charge in [-0.3, -0.25) is 0 Å². The van der Waals surface area contributed by atoms with Crippen molar-refractivity contribution in [3.63, 3.8) is 0 Å². The average molecular weight is 620 g/mol. The Morgan fingerprint density at radius 2 is 1.19 bits per heavy atom. The fourth-order valence-corrected chi connectivity index (χ4v) is 9.10. The molecular weight excluding hydrogens is 581 g/mol. The van der Waals surface area contributed by atoms with Crippen molar-refractivity contribution in [2.45, 2.75) is 52.5 Å². The van der Waals surface area contributed by atoms with Crippen molar-refractivity contribution >= 4 is 73.3 Å². The van der Waals surface area contributed by atoms with Gasteiger partial charge in [0.15, 0.2) is 0 Å². The average Bonchev–Trinajstić information content (AvgIpc) is 3.50. The van der Waals surface area contributed by atoms with E-state index in [0.717, 1.165) is 11.4 Å². The molecule has 3 aliphatic heterocycles. The fourth-order valence-electron chi connectivity index (χ4n) is 9.10. The van der Waals surface area contributed by atoms with Crippen LogP contribution in [0.1, 0.15) is 44.4 Å². The molecule has 4 heteroatoms. The van der Waals surface area contributed by atoms with Crippen LogP contribution in [0, 0.1) is 13.8 Å². The van der Waals surface area contributed by atoms with Gasteiger partial charge < -0.3 is 14.4 Å². The predicted octanol–water partition coefficient (Wildman–Crippen LogP) is 9.22. The molecule has 1 aromatic heterocycles. The number of para-hydroxylation sites is 3. The van der Waals surface area contributed by atoms with Crippen molar-refractivity contribution in [3.05, 3.63) is 138 Å². The first-order chi connectivity index (χ1) is 23.2. The van der Waals surface area contributed by atoms with Gasteiger partial charge in [0.1, 0.15) is 0 Å². The smallest absolute Gasteiger partial charge is 0.252 e. The van der Waals surface area contributed by atoms with Crippen LogP contribution in [-0.4, -0.2) is 16.8 Å². The number of aromatic nitrogens is 1. The van der Waals surface area contributed by atoms with E-state index in [4.69, 9.17) is 0 Å². The Morgan fingerprint density at radius 3 is 1.90 bits per heavy atom. The zero-order valence-electron chi connectivity index (χ0n) is 28.5. The van der Waals surface area contributed by atoms with E-state index in [1.807, 2.05) is 0 Å². The summed E-state index contributed by atoms with van der Waals surface area (Å²) in [5.41, 5.74) is 18.0. The molecule has 0 bridgehead atoms. The Labute approximate surface area is 283 Å². The maximum Gasteiger partial charge on any atom is 0.252 e. The highest BCUT2D eigenvalue weighted by Gasteiger charge is 2.56. The van der Waals surface area contributed by atoms with E-state index in [9.17, 15) is 0 Å². The summed E-state index contributed by atoms with van der Waals surface area (Å²) in [6.45, 7) is 14.2. The zero-order chi connectivity index (χ0) is 32.7. The molecule has 0 amide bonds. The minimum atomic E-state index is -0.160. The molecule has 0 atom stereocenters. The highest BCUT2D eigenvalue weighted by Crippen LogP contribution is 2.56. The number of aryl methyl sites for hydroxylation is 2. The van der Waals surface area contributed by atoms with Crippen LogP contribution in [0.4, 0.5) is 28.4 Å². The molecule has 0 saturated carbocycles. The van der Waals surface area contributed by atoms with E-state index in [-0.39, 0.29) is 17.7 Å². The molecule has 4 heterocycles. The van der Waals surface area contributed by atoms with E-state index in [1.54, 1.807) is 0 Å². The third-order valence-corrected chi connectivity index (χ3v) is 12.1. The molecule has 3 nitrogen and oxygen atoms in total. The van der Waals surface area contributed by atoms with Crippen molar-refractivity contribution in [3.8, 4) is 5.69 Å². The van der Waals surface area contributed by atoms with Crippen molar-refractivity contribution in [1.82, 2.24) is 4.57 Å². The van der Waals surface area contributed by atoms with Crippen molar-refractivity contribution in [2.75, 3.05) is 9.80 Å². The Hall–Kier alpha value is -5.22. The molecule has 232 valence electrons. The molecule has 0 N–H and O–H groups in total. The predicted molar refractivity (Wildman–Crippen MR) is 205 cm³/mol. The monoisotopic (exact) mass is 619 g/mol. The van der Waals surface area contributed by atoms with Gasteiger partial charge in [-0.15, -0.1) is 0 Å². The standard InChI is InChI=1S/C44H38BN3/c1-27-17-21-29(22-18-27)46(30-23-19-28(2)20-24-30)31-25-38-40-39(26-31)48-42-34(43(3,4)44(48,5)6)13-10-15-36(42)45(40)35-14-9-12-33-32-11-7-8-16-37(32)47(38)41(33)35/h7-26H,1-6H3. The lowest BCUT2D eigenvalue weighted by molar-refractivity contribution is 0.330. The highest BCUT2D eigenvalue weighted by atomic mass is 15.3. The summed E-state index contributed by atoms with van der Waals surface area (Å²) in [5.74, 6) is 0. The van der Waals surface area contributed by atoms with Gasteiger partial charge in [-0.25, -0.2) is 0 Å². The van der Waals surface area contributed by atoms with Crippen LogP contribution in [0.2, 0.25) is 0 Å². The van der Waals surface area contributed by atoms with Crippen LogP contribution in [0.25, 0.3) is 27.5 Å². The second-order valence-electron chi connectivity index (χ2n) is 15.2. The lowest BCUT2D eigenvalue weighted by atomic mass is 9.33. The maximum absolute atomic E-state index is 2.70. The Morgan fingerprint density at radius 1 is 0.583 bits per heavy atom. The first-order valence-corrected chi connectivity index (χ1v) is 17.2. The summed E-state index contributed by atoms with van der Waals surface area (Å²) in [5, 5.41) is 2.63. The van der Waals surface area contributed by atoms with Crippen molar-refractivity contribution in [2.24, 2.45) is 0 Å². The molecule has 0 spiro atoms. The molecule has 0 fully saturated rings. The molecule has 0 unspecified atom stereocenters. The Kier molecular flexibility index (Phi) is 5.36. The molecule has 0 aliphatic carbocycles. The molecule has 6 aromatic carbocycles. The maximum atomic E-state index is 2.70. The molecule has 48 heavy (non-hydrogen) atoms. The number of benzene rings is 6. The molecular formula is C44H38BN3. The lowest BCUT2D eigenvalue weighted by Gasteiger charge is -2.47. The number of fused-ring (bicyclic) bond motifs is 7. The van der Waals surface area contributed by atoms with Gasteiger partial charge in [-0.05, 0) is 92.1 Å². The first kappa shape index (κ1) is 27.9. The summed E-state index contributed by atoms with van der Waals surface area (Å²) in [6.07, 6.45) is 0. The largest absolute Gasteiger partial charge is 0.335 e. The lowest BCUT2D eigenvalue weighted by Crippen LogP contribution is -2.63. The Bertz CT molecular complexity index is 2440. The third-order valence-electron chi connectivity index (χ3n) is 12.1. The summed E-state index contributed by atoms with van der Waals surface area (Å²) in [4.78, 5) is 5.15. The van der Waals surface area contributed by atoms with E-state index >= 15 is 0 Å². The van der Waals surface area contributed by atoms with Gasteiger partial charge >= 0.3 is 0 Å². The minimum Gasteiger partial charge on any atom is -0.335 e. The highest BCUT2D eigenvalue weighted by molar-refractivity contribution is 7.00. The fraction of sp³-hybridized carbons (Fsp3) is 0.182. The normalized spacial score (nSPS) is 16.0. The third kappa shape index (κ3) is 3.35. The summed E-state index contributed by atoms with van der Waals surface area (Å²) in [7, 11) is 0. The molecule has 0 saturated heterocycles. The van der Waals surface area contributed by atoms with Gasteiger partial charge in [0, 0.05) is 55.7 Å². The van der Waals surface area contributed by atoms with Crippen LogP contribution in [-0.2, 0) is 5.41 Å². The molecule has 0 radical (unpaired) electrons. The van der Waals surface area contributed by atoms with E-state index in [1.165, 1.54) is 77.6 Å². The van der Waals surface area contributed by atoms with Crippen molar-refractivity contribution < 1.29 is 0 Å². The number of nitrogens with zero attached hydrogens (tertiary/aromatic N) is 3. The second kappa shape index (κ2) is 9.23. The number of anilines is 5. The van der Waals surface area contributed by atoms with Crippen LogP contribution < -0.4 is 26.2 Å². The minimum absolute atomic E-state index is 0.0592.